The minimum Gasteiger partial charge on any atom is -0.370 e. The maximum atomic E-state index is 5.34. The SMILES string of the molecule is CC1CCC(=NNC(=S)NCC[NH+]2CCOCC2)CC1. The van der Waals surface area contributed by atoms with Crippen molar-refractivity contribution in [2.75, 3.05) is 39.4 Å². The van der Waals surface area contributed by atoms with Crippen molar-refractivity contribution in [3.05, 3.63) is 0 Å². The third kappa shape index (κ3) is 5.73. The number of hydrazone groups is 1. The molecule has 1 saturated heterocycles. The summed E-state index contributed by atoms with van der Waals surface area (Å²) < 4.78 is 5.34. The molecule has 0 atom stereocenters. The minimum atomic E-state index is 0.642. The van der Waals surface area contributed by atoms with E-state index in [1.165, 1.54) is 18.6 Å². The summed E-state index contributed by atoms with van der Waals surface area (Å²) in [5.74, 6) is 0.843. The molecule has 1 aliphatic carbocycles. The van der Waals surface area contributed by atoms with Crippen LogP contribution >= 0.6 is 12.2 Å². The predicted octanol–water partition coefficient (Wildman–Crippen LogP) is -0.0683. The number of thiocarbonyl (C=S) groups is 1. The van der Waals surface area contributed by atoms with Crippen molar-refractivity contribution < 1.29 is 9.64 Å². The van der Waals surface area contributed by atoms with Gasteiger partial charge in [-0.05, 0) is 43.8 Å². The first-order valence-electron chi connectivity index (χ1n) is 7.74. The molecule has 0 aromatic heterocycles. The molecule has 3 N–H and O–H groups in total. The Balaban J connectivity index is 1.57. The van der Waals surface area contributed by atoms with Gasteiger partial charge in [0.15, 0.2) is 5.11 Å². The fraction of sp³-hybridized carbons (Fsp3) is 0.857. The number of nitrogens with zero attached hydrogens (tertiary/aromatic N) is 1. The Labute approximate surface area is 127 Å². The van der Waals surface area contributed by atoms with Gasteiger partial charge in [0.05, 0.1) is 26.3 Å². The molecule has 0 radical (unpaired) electrons. The van der Waals surface area contributed by atoms with Gasteiger partial charge in [0.2, 0.25) is 0 Å². The monoisotopic (exact) mass is 299 g/mol. The first-order chi connectivity index (χ1) is 9.74. The van der Waals surface area contributed by atoms with E-state index in [4.69, 9.17) is 17.0 Å². The van der Waals surface area contributed by atoms with Gasteiger partial charge in [0, 0.05) is 5.71 Å². The van der Waals surface area contributed by atoms with Gasteiger partial charge in [-0.3, -0.25) is 5.43 Å². The molecule has 0 aromatic carbocycles. The average Bonchev–Trinajstić information content (AvgIpc) is 2.48. The van der Waals surface area contributed by atoms with Crippen LogP contribution in [-0.2, 0) is 4.74 Å². The van der Waals surface area contributed by atoms with Gasteiger partial charge in [0.1, 0.15) is 13.1 Å². The summed E-state index contributed by atoms with van der Waals surface area (Å²) in [6, 6.07) is 0. The van der Waals surface area contributed by atoms with Crippen LogP contribution in [0.4, 0.5) is 0 Å². The molecule has 0 bridgehead atoms. The van der Waals surface area contributed by atoms with E-state index in [0.717, 1.165) is 58.2 Å². The van der Waals surface area contributed by atoms with Crippen molar-refractivity contribution in [1.82, 2.24) is 10.7 Å². The maximum absolute atomic E-state index is 5.34. The molecule has 2 rings (SSSR count). The molecule has 2 fully saturated rings. The van der Waals surface area contributed by atoms with Gasteiger partial charge in [-0.1, -0.05) is 6.92 Å². The molecular formula is C14H27N4OS+. The van der Waals surface area contributed by atoms with Crippen LogP contribution in [0.1, 0.15) is 32.6 Å². The van der Waals surface area contributed by atoms with Gasteiger partial charge >= 0.3 is 0 Å². The number of morpholine rings is 1. The highest BCUT2D eigenvalue weighted by molar-refractivity contribution is 7.80. The van der Waals surface area contributed by atoms with Crippen LogP contribution in [0.5, 0.6) is 0 Å². The van der Waals surface area contributed by atoms with Crippen molar-refractivity contribution in [2.24, 2.45) is 11.0 Å². The Kier molecular flexibility index (Phi) is 6.69. The van der Waals surface area contributed by atoms with E-state index in [2.05, 4.69) is 22.8 Å². The number of rotatable bonds is 4. The van der Waals surface area contributed by atoms with Crippen LogP contribution < -0.4 is 15.6 Å². The van der Waals surface area contributed by atoms with Crippen LogP contribution in [0.25, 0.3) is 0 Å². The van der Waals surface area contributed by atoms with E-state index in [1.807, 2.05) is 0 Å². The van der Waals surface area contributed by atoms with Gasteiger partial charge < -0.3 is 15.0 Å². The largest absolute Gasteiger partial charge is 0.370 e. The second kappa shape index (κ2) is 8.54. The smallest absolute Gasteiger partial charge is 0.187 e. The third-order valence-corrected chi connectivity index (χ3v) is 4.37. The van der Waals surface area contributed by atoms with Crippen molar-refractivity contribution in [2.45, 2.75) is 32.6 Å². The van der Waals surface area contributed by atoms with Gasteiger partial charge in [0.25, 0.3) is 0 Å². The van der Waals surface area contributed by atoms with Crippen LogP contribution in [0.15, 0.2) is 5.10 Å². The fourth-order valence-corrected chi connectivity index (χ4v) is 2.79. The zero-order valence-corrected chi connectivity index (χ0v) is 13.2. The Morgan fingerprint density at radius 1 is 1.35 bits per heavy atom. The molecule has 1 aliphatic heterocycles. The van der Waals surface area contributed by atoms with Gasteiger partial charge in [-0.25, -0.2) is 0 Å². The second-order valence-corrected chi connectivity index (χ2v) is 6.25. The number of nitrogens with one attached hydrogen (secondary N) is 3. The molecule has 114 valence electrons. The lowest BCUT2D eigenvalue weighted by Gasteiger charge is -2.24. The lowest BCUT2D eigenvalue weighted by atomic mass is 9.90. The summed E-state index contributed by atoms with van der Waals surface area (Å²) >= 11 is 5.25. The average molecular weight is 299 g/mol. The van der Waals surface area contributed by atoms with Crippen molar-refractivity contribution in [3.8, 4) is 0 Å². The van der Waals surface area contributed by atoms with Crippen molar-refractivity contribution in [1.29, 1.82) is 0 Å². The highest BCUT2D eigenvalue weighted by atomic mass is 32.1. The molecule has 20 heavy (non-hydrogen) atoms. The first kappa shape index (κ1) is 15.7. The summed E-state index contributed by atoms with van der Waals surface area (Å²) in [4.78, 5) is 1.58. The molecule has 0 spiro atoms. The zero-order chi connectivity index (χ0) is 14.2. The first-order valence-corrected chi connectivity index (χ1v) is 8.15. The Morgan fingerprint density at radius 3 is 2.75 bits per heavy atom. The van der Waals surface area contributed by atoms with Crippen LogP contribution in [0.3, 0.4) is 0 Å². The van der Waals surface area contributed by atoms with Crippen LogP contribution in [-0.4, -0.2) is 50.2 Å². The second-order valence-electron chi connectivity index (χ2n) is 5.84. The maximum Gasteiger partial charge on any atom is 0.187 e. The van der Waals surface area contributed by atoms with E-state index in [9.17, 15) is 0 Å². The summed E-state index contributed by atoms with van der Waals surface area (Å²) in [6.45, 7) is 8.24. The van der Waals surface area contributed by atoms with Crippen molar-refractivity contribution in [3.63, 3.8) is 0 Å². The number of hydrogen-bond acceptors (Lipinski definition) is 3. The third-order valence-electron chi connectivity index (χ3n) is 4.13. The molecule has 1 saturated carbocycles. The van der Waals surface area contributed by atoms with E-state index in [1.54, 1.807) is 4.90 Å². The molecular weight excluding hydrogens is 272 g/mol. The lowest BCUT2D eigenvalue weighted by molar-refractivity contribution is -0.906. The van der Waals surface area contributed by atoms with Crippen LogP contribution in [0, 0.1) is 5.92 Å². The Bertz CT molecular complexity index is 332. The normalized spacial score (nSPS) is 24.2. The Hall–Kier alpha value is -0.720. The molecule has 0 amide bonds. The topological polar surface area (TPSA) is 50.1 Å². The van der Waals surface area contributed by atoms with Gasteiger partial charge in [-0.15, -0.1) is 0 Å². The summed E-state index contributed by atoms with van der Waals surface area (Å²) in [5.41, 5.74) is 4.23. The summed E-state index contributed by atoms with van der Waals surface area (Å²) in [7, 11) is 0. The van der Waals surface area contributed by atoms with E-state index in [0.29, 0.717) is 5.11 Å². The van der Waals surface area contributed by atoms with Crippen molar-refractivity contribution >= 4 is 23.0 Å². The fourth-order valence-electron chi connectivity index (χ4n) is 2.64. The van der Waals surface area contributed by atoms with E-state index >= 15 is 0 Å². The molecule has 2 aliphatic rings. The van der Waals surface area contributed by atoms with Crippen LogP contribution in [0.2, 0.25) is 0 Å². The van der Waals surface area contributed by atoms with Gasteiger partial charge in [-0.2, -0.15) is 5.10 Å². The molecule has 0 aromatic rings. The highest BCUT2D eigenvalue weighted by Crippen LogP contribution is 2.20. The zero-order valence-electron chi connectivity index (χ0n) is 12.4. The van der Waals surface area contributed by atoms with E-state index < -0.39 is 0 Å². The predicted molar refractivity (Wildman–Crippen MR) is 85.2 cm³/mol. The van der Waals surface area contributed by atoms with E-state index in [-0.39, 0.29) is 0 Å². The number of ether oxygens (including phenoxy) is 1. The molecule has 6 heteroatoms. The number of hydrogen-bond donors (Lipinski definition) is 3. The summed E-state index contributed by atoms with van der Waals surface area (Å²) in [5, 5.41) is 8.29. The highest BCUT2D eigenvalue weighted by Gasteiger charge is 2.14. The molecule has 1 heterocycles. The lowest BCUT2D eigenvalue weighted by Crippen LogP contribution is -3.14. The standard InChI is InChI=1S/C14H26N4OS/c1-12-2-4-13(5-3-12)16-17-14(20)15-6-7-18-8-10-19-11-9-18/h12H,2-11H2,1H3,(H2,15,17,20)/p+1. The Morgan fingerprint density at radius 2 is 2.05 bits per heavy atom. The molecule has 0 unspecified atom stereocenters. The quantitative estimate of drug-likeness (QED) is 0.502. The summed E-state index contributed by atoms with van der Waals surface area (Å²) in [6.07, 6.45) is 4.71. The number of quaternary nitrogens is 1. The minimum absolute atomic E-state index is 0.642. The molecule has 5 nitrogen and oxygen atoms in total.